The molecule has 0 aliphatic carbocycles. The van der Waals surface area contributed by atoms with Gasteiger partial charge in [-0.15, -0.1) is 0 Å². The summed E-state index contributed by atoms with van der Waals surface area (Å²) >= 11 is 5.25. The number of aryl methyl sites for hydroxylation is 1. The Balaban J connectivity index is 2.37. The molecule has 29 heavy (non-hydrogen) atoms. The number of carbonyl (C=O) groups is 1. The zero-order valence-corrected chi connectivity index (χ0v) is 18.2. The number of methoxy groups -OCH3 is 1. The van der Waals surface area contributed by atoms with Crippen molar-refractivity contribution >= 4 is 43.7 Å². The second-order valence-corrected chi connectivity index (χ2v) is 8.74. The molecule has 2 rings (SSSR count). The molecule has 0 aromatic heterocycles. The molecule has 0 radical (unpaired) electrons. The van der Waals surface area contributed by atoms with E-state index in [0.717, 1.165) is 5.56 Å². The number of carbonyl (C=O) groups excluding carboxylic acids is 1. The monoisotopic (exact) mass is 434 g/mol. The largest absolute Gasteiger partial charge is 0.464 e. The SMILES string of the molecule is CO/N=C(/C(=O)OC)c1ccccc1CS(=O)(=O)C(=S)N(C)c1ccc(C)cc1. The van der Waals surface area contributed by atoms with Crippen molar-refractivity contribution in [2.45, 2.75) is 12.7 Å². The van der Waals surface area contributed by atoms with Gasteiger partial charge in [0.25, 0.3) is 0 Å². The molecular formula is C20H22N2O5S2. The highest BCUT2D eigenvalue weighted by Crippen LogP contribution is 2.20. The molecule has 0 aliphatic rings. The van der Waals surface area contributed by atoms with Crippen molar-refractivity contribution in [1.82, 2.24) is 0 Å². The van der Waals surface area contributed by atoms with E-state index < -0.39 is 21.6 Å². The van der Waals surface area contributed by atoms with Gasteiger partial charge in [0.2, 0.25) is 9.84 Å². The first-order valence-corrected chi connectivity index (χ1v) is 10.6. The molecule has 7 nitrogen and oxygen atoms in total. The summed E-state index contributed by atoms with van der Waals surface area (Å²) in [5.74, 6) is -1.14. The quantitative estimate of drug-likeness (QED) is 0.299. The Morgan fingerprint density at radius 2 is 1.72 bits per heavy atom. The van der Waals surface area contributed by atoms with Crippen LogP contribution in [0.1, 0.15) is 16.7 Å². The van der Waals surface area contributed by atoms with Crippen molar-refractivity contribution in [2.24, 2.45) is 5.16 Å². The fraction of sp³-hybridized carbons (Fsp3) is 0.250. The molecule has 0 bridgehead atoms. The summed E-state index contributed by atoms with van der Waals surface area (Å²) in [5.41, 5.74) is 2.24. The number of nitrogens with zero attached hydrogens (tertiary/aromatic N) is 2. The molecule has 2 aromatic carbocycles. The maximum Gasteiger partial charge on any atom is 0.360 e. The van der Waals surface area contributed by atoms with E-state index in [0.29, 0.717) is 16.8 Å². The Labute approximate surface area is 175 Å². The predicted octanol–water partition coefficient (Wildman–Crippen LogP) is 2.85. The standard InChI is InChI=1S/C20H22N2O5S2/c1-14-9-11-16(12-10-14)22(2)20(28)29(24,25)13-15-7-5-6-8-17(15)18(21-27-4)19(23)26-3/h5-12H,13H2,1-4H3/b21-18+. The van der Waals surface area contributed by atoms with Crippen LogP contribution in [-0.4, -0.2) is 45.7 Å². The van der Waals surface area contributed by atoms with Crippen LogP contribution in [0.15, 0.2) is 53.7 Å². The fourth-order valence-corrected chi connectivity index (χ4v) is 4.20. The smallest absolute Gasteiger partial charge is 0.360 e. The summed E-state index contributed by atoms with van der Waals surface area (Å²) in [5, 5.41) is 3.70. The van der Waals surface area contributed by atoms with Crippen molar-refractivity contribution in [3.05, 3.63) is 65.2 Å². The number of oxime groups is 1. The molecule has 0 spiro atoms. The summed E-state index contributed by atoms with van der Waals surface area (Å²) in [6, 6.07) is 13.8. The number of esters is 1. The summed E-state index contributed by atoms with van der Waals surface area (Å²) in [7, 11) is 0.228. The first kappa shape index (κ1) is 22.5. The normalized spacial score (nSPS) is 11.7. The van der Waals surface area contributed by atoms with Crippen LogP contribution in [0.2, 0.25) is 0 Å². The molecular weight excluding hydrogens is 412 g/mol. The number of hydrogen-bond donors (Lipinski definition) is 0. The lowest BCUT2D eigenvalue weighted by Gasteiger charge is -2.20. The van der Waals surface area contributed by atoms with Gasteiger partial charge in [-0.05, 0) is 36.8 Å². The summed E-state index contributed by atoms with van der Waals surface area (Å²) in [4.78, 5) is 18.2. The third kappa shape index (κ3) is 5.39. The molecule has 0 aliphatic heterocycles. The number of thiocarbonyl (C=S) groups is 1. The average molecular weight is 435 g/mol. The molecule has 0 N–H and O–H groups in total. The predicted molar refractivity (Wildman–Crippen MR) is 117 cm³/mol. The van der Waals surface area contributed by atoms with Gasteiger partial charge in [0.1, 0.15) is 7.11 Å². The Morgan fingerprint density at radius 1 is 1.10 bits per heavy atom. The Morgan fingerprint density at radius 3 is 2.31 bits per heavy atom. The van der Waals surface area contributed by atoms with Crippen LogP contribution in [0.3, 0.4) is 0 Å². The minimum atomic E-state index is -3.86. The Kier molecular flexibility index (Phi) is 7.46. The van der Waals surface area contributed by atoms with Gasteiger partial charge in [-0.2, -0.15) is 0 Å². The molecule has 0 saturated carbocycles. The number of rotatable bonds is 6. The van der Waals surface area contributed by atoms with Crippen LogP contribution in [0.5, 0.6) is 0 Å². The van der Waals surface area contributed by atoms with Crippen LogP contribution >= 0.6 is 12.2 Å². The highest BCUT2D eigenvalue weighted by Gasteiger charge is 2.27. The average Bonchev–Trinajstić information content (AvgIpc) is 2.71. The second-order valence-electron chi connectivity index (χ2n) is 6.19. The summed E-state index contributed by atoms with van der Waals surface area (Å²) < 4.78 is 30.5. The zero-order chi connectivity index (χ0) is 21.6. The van der Waals surface area contributed by atoms with E-state index in [4.69, 9.17) is 21.8 Å². The maximum absolute atomic E-state index is 13.0. The van der Waals surface area contributed by atoms with Crippen molar-refractivity contribution < 1.29 is 22.8 Å². The number of benzene rings is 2. The molecule has 9 heteroatoms. The van der Waals surface area contributed by atoms with E-state index in [1.54, 1.807) is 43.4 Å². The minimum absolute atomic E-state index is 0.126. The van der Waals surface area contributed by atoms with Crippen molar-refractivity contribution in [3.63, 3.8) is 0 Å². The van der Waals surface area contributed by atoms with E-state index in [2.05, 4.69) is 5.16 Å². The van der Waals surface area contributed by atoms with Crippen molar-refractivity contribution in [3.8, 4) is 0 Å². The lowest BCUT2D eigenvalue weighted by Crippen LogP contribution is -2.33. The molecule has 0 unspecified atom stereocenters. The van der Waals surface area contributed by atoms with E-state index in [-0.39, 0.29) is 10.0 Å². The van der Waals surface area contributed by atoms with Crippen LogP contribution in [0, 0.1) is 6.92 Å². The Hall–Kier alpha value is -2.78. The third-order valence-corrected chi connectivity index (χ3v) is 6.67. The van der Waals surface area contributed by atoms with Crippen LogP contribution < -0.4 is 4.90 Å². The van der Waals surface area contributed by atoms with Gasteiger partial charge >= 0.3 is 5.97 Å². The van der Waals surface area contributed by atoms with E-state index in [1.807, 2.05) is 19.1 Å². The number of ether oxygens (including phenoxy) is 1. The minimum Gasteiger partial charge on any atom is -0.464 e. The topological polar surface area (TPSA) is 85.3 Å². The van der Waals surface area contributed by atoms with E-state index in [1.165, 1.54) is 19.1 Å². The third-order valence-electron chi connectivity index (χ3n) is 4.14. The van der Waals surface area contributed by atoms with Crippen molar-refractivity contribution in [1.29, 1.82) is 0 Å². The molecule has 0 atom stereocenters. The van der Waals surface area contributed by atoms with Crippen molar-refractivity contribution in [2.75, 3.05) is 26.2 Å². The summed E-state index contributed by atoms with van der Waals surface area (Å²) in [6.07, 6.45) is 0. The van der Waals surface area contributed by atoms with Crippen LogP contribution in [-0.2, 0) is 30.0 Å². The molecule has 0 fully saturated rings. The zero-order valence-electron chi connectivity index (χ0n) is 16.6. The number of anilines is 1. The van der Waals surface area contributed by atoms with Gasteiger partial charge < -0.3 is 14.5 Å². The van der Waals surface area contributed by atoms with Gasteiger partial charge in [-0.3, -0.25) is 0 Å². The molecule has 2 aromatic rings. The maximum atomic E-state index is 13.0. The lowest BCUT2D eigenvalue weighted by molar-refractivity contribution is -0.132. The van der Waals surface area contributed by atoms with Gasteiger partial charge in [0.15, 0.2) is 10.0 Å². The van der Waals surface area contributed by atoms with Gasteiger partial charge in [-0.25, -0.2) is 13.2 Å². The van der Waals surface area contributed by atoms with E-state index >= 15 is 0 Å². The first-order chi connectivity index (χ1) is 13.7. The van der Waals surface area contributed by atoms with Gasteiger partial charge in [0, 0.05) is 18.3 Å². The van der Waals surface area contributed by atoms with Gasteiger partial charge in [0.05, 0.1) is 12.9 Å². The number of hydrogen-bond acceptors (Lipinski definition) is 7. The highest BCUT2D eigenvalue weighted by atomic mass is 32.2. The first-order valence-electron chi connectivity index (χ1n) is 8.56. The summed E-state index contributed by atoms with van der Waals surface area (Å²) in [6.45, 7) is 1.94. The second kappa shape index (κ2) is 9.62. The molecule has 0 heterocycles. The molecule has 0 amide bonds. The highest BCUT2D eigenvalue weighted by molar-refractivity contribution is 8.17. The van der Waals surface area contributed by atoms with Gasteiger partial charge in [-0.1, -0.05) is 47.1 Å². The Bertz CT molecular complexity index is 1030. The number of sulfone groups is 1. The fourth-order valence-electron chi connectivity index (χ4n) is 2.61. The molecule has 154 valence electrons. The van der Waals surface area contributed by atoms with Crippen LogP contribution in [0.25, 0.3) is 0 Å². The van der Waals surface area contributed by atoms with E-state index in [9.17, 15) is 13.2 Å². The van der Waals surface area contributed by atoms with Crippen LogP contribution in [0.4, 0.5) is 5.69 Å². The lowest BCUT2D eigenvalue weighted by atomic mass is 10.0. The molecule has 0 saturated heterocycles.